The molecule has 0 N–H and O–H groups in total. The standard InChI is InChI=1S/C15H16N4O/c1-18(2)11-7-9-12(10-8-11)19-15(20)13-5-3-4-6-14(13)16-17-19/h3,5,7-10H,4,6H2,1-2H3. The summed E-state index contributed by atoms with van der Waals surface area (Å²) in [6.45, 7) is 0. The van der Waals surface area contributed by atoms with E-state index in [0.717, 1.165) is 29.9 Å². The monoisotopic (exact) mass is 268 g/mol. The third-order valence-electron chi connectivity index (χ3n) is 3.43. The van der Waals surface area contributed by atoms with Crippen molar-refractivity contribution in [2.24, 2.45) is 0 Å². The minimum Gasteiger partial charge on any atom is -0.378 e. The van der Waals surface area contributed by atoms with Crippen LogP contribution in [0.5, 0.6) is 0 Å². The molecule has 1 aromatic carbocycles. The molecule has 0 fully saturated rings. The molecule has 5 nitrogen and oxygen atoms in total. The number of hydrogen-bond donors (Lipinski definition) is 0. The van der Waals surface area contributed by atoms with Gasteiger partial charge in [0.2, 0.25) is 0 Å². The number of fused-ring (bicyclic) bond motifs is 1. The van der Waals surface area contributed by atoms with Gasteiger partial charge in [-0.05, 0) is 37.1 Å². The molecule has 20 heavy (non-hydrogen) atoms. The van der Waals surface area contributed by atoms with Crippen molar-refractivity contribution in [2.75, 3.05) is 19.0 Å². The predicted octanol–water partition coefficient (Wildman–Crippen LogP) is 1.65. The maximum absolute atomic E-state index is 12.4. The number of nitrogens with zero attached hydrogens (tertiary/aromatic N) is 4. The lowest BCUT2D eigenvalue weighted by Gasteiger charge is -2.14. The quantitative estimate of drug-likeness (QED) is 0.831. The maximum atomic E-state index is 12.4. The van der Waals surface area contributed by atoms with E-state index in [0.29, 0.717) is 5.56 Å². The molecule has 0 aliphatic heterocycles. The van der Waals surface area contributed by atoms with E-state index in [1.807, 2.05) is 55.4 Å². The molecule has 0 unspecified atom stereocenters. The molecule has 1 aliphatic rings. The van der Waals surface area contributed by atoms with Crippen molar-refractivity contribution in [1.82, 2.24) is 15.0 Å². The Morgan fingerprint density at radius 3 is 2.65 bits per heavy atom. The molecular formula is C15H16N4O. The van der Waals surface area contributed by atoms with Crippen LogP contribution in [0.25, 0.3) is 11.8 Å². The van der Waals surface area contributed by atoms with E-state index in [2.05, 4.69) is 10.3 Å². The van der Waals surface area contributed by atoms with Gasteiger partial charge >= 0.3 is 0 Å². The summed E-state index contributed by atoms with van der Waals surface area (Å²) in [5, 5.41) is 8.21. The van der Waals surface area contributed by atoms with E-state index in [4.69, 9.17) is 0 Å². The molecular weight excluding hydrogens is 252 g/mol. The molecule has 1 heterocycles. The maximum Gasteiger partial charge on any atom is 0.281 e. The van der Waals surface area contributed by atoms with Gasteiger partial charge in [-0.1, -0.05) is 17.4 Å². The van der Waals surface area contributed by atoms with Gasteiger partial charge in [-0.25, -0.2) is 0 Å². The van der Waals surface area contributed by atoms with Crippen molar-refractivity contribution in [3.63, 3.8) is 0 Å². The van der Waals surface area contributed by atoms with Crippen molar-refractivity contribution in [3.05, 3.63) is 52.0 Å². The smallest absolute Gasteiger partial charge is 0.281 e. The van der Waals surface area contributed by atoms with E-state index < -0.39 is 0 Å². The Morgan fingerprint density at radius 1 is 1.20 bits per heavy atom. The molecule has 5 heteroatoms. The van der Waals surface area contributed by atoms with Gasteiger partial charge in [0.1, 0.15) is 0 Å². The highest BCUT2D eigenvalue weighted by Gasteiger charge is 2.14. The van der Waals surface area contributed by atoms with Crippen molar-refractivity contribution in [1.29, 1.82) is 0 Å². The first-order chi connectivity index (χ1) is 9.66. The van der Waals surface area contributed by atoms with Crippen LogP contribution in [0.3, 0.4) is 0 Å². The van der Waals surface area contributed by atoms with Gasteiger partial charge in [-0.15, -0.1) is 5.10 Å². The number of rotatable bonds is 2. The fourth-order valence-electron chi connectivity index (χ4n) is 2.26. The summed E-state index contributed by atoms with van der Waals surface area (Å²) >= 11 is 0. The van der Waals surface area contributed by atoms with Crippen LogP contribution >= 0.6 is 0 Å². The summed E-state index contributed by atoms with van der Waals surface area (Å²) in [5.74, 6) is 0. The van der Waals surface area contributed by atoms with Crippen LogP contribution in [0.15, 0.2) is 35.1 Å². The number of anilines is 1. The van der Waals surface area contributed by atoms with Crippen LogP contribution in [0.4, 0.5) is 5.69 Å². The molecule has 3 rings (SSSR count). The van der Waals surface area contributed by atoms with E-state index in [1.54, 1.807) is 0 Å². The van der Waals surface area contributed by atoms with E-state index in [-0.39, 0.29) is 5.56 Å². The zero-order valence-corrected chi connectivity index (χ0v) is 11.6. The van der Waals surface area contributed by atoms with Gasteiger partial charge in [0, 0.05) is 19.8 Å². The number of aryl methyl sites for hydroxylation is 1. The fraction of sp³-hybridized carbons (Fsp3) is 0.267. The molecule has 0 radical (unpaired) electrons. The second-order valence-corrected chi connectivity index (χ2v) is 5.02. The Balaban J connectivity index is 2.07. The second kappa shape index (κ2) is 4.92. The summed E-state index contributed by atoms with van der Waals surface area (Å²) in [4.78, 5) is 14.4. The van der Waals surface area contributed by atoms with Crippen molar-refractivity contribution < 1.29 is 0 Å². The highest BCUT2D eigenvalue weighted by molar-refractivity contribution is 5.54. The lowest BCUT2D eigenvalue weighted by molar-refractivity contribution is 0.680. The summed E-state index contributed by atoms with van der Waals surface area (Å²) in [6.07, 6.45) is 5.56. The Labute approximate surface area is 117 Å². The number of benzene rings is 1. The average molecular weight is 268 g/mol. The van der Waals surface area contributed by atoms with Gasteiger partial charge in [0.15, 0.2) is 0 Å². The molecule has 1 aliphatic carbocycles. The predicted molar refractivity (Wildman–Crippen MR) is 79.3 cm³/mol. The fourth-order valence-corrected chi connectivity index (χ4v) is 2.26. The Bertz CT molecular complexity index is 714. The van der Waals surface area contributed by atoms with Crippen molar-refractivity contribution >= 4 is 11.8 Å². The van der Waals surface area contributed by atoms with Crippen LogP contribution in [0.1, 0.15) is 17.7 Å². The van der Waals surface area contributed by atoms with Gasteiger partial charge < -0.3 is 4.90 Å². The SMILES string of the molecule is CN(C)c1ccc(-n2nnc3c(c2=O)C=CCC3)cc1. The third-order valence-corrected chi connectivity index (χ3v) is 3.43. The molecule has 1 aromatic heterocycles. The van der Waals surface area contributed by atoms with E-state index in [9.17, 15) is 4.79 Å². The van der Waals surface area contributed by atoms with Crippen molar-refractivity contribution in [2.45, 2.75) is 12.8 Å². The zero-order chi connectivity index (χ0) is 14.1. The van der Waals surface area contributed by atoms with Crippen molar-refractivity contribution in [3.8, 4) is 5.69 Å². The van der Waals surface area contributed by atoms with Gasteiger partial charge in [0.25, 0.3) is 5.56 Å². The summed E-state index contributed by atoms with van der Waals surface area (Å²) < 4.78 is 1.36. The Hall–Kier alpha value is -2.43. The van der Waals surface area contributed by atoms with Crippen LogP contribution in [-0.2, 0) is 6.42 Å². The molecule has 0 saturated carbocycles. The van der Waals surface area contributed by atoms with E-state index >= 15 is 0 Å². The summed E-state index contributed by atoms with van der Waals surface area (Å²) in [5.41, 5.74) is 3.15. The van der Waals surface area contributed by atoms with E-state index in [1.165, 1.54) is 4.68 Å². The first-order valence-electron chi connectivity index (χ1n) is 6.60. The van der Waals surface area contributed by atoms with Crippen LogP contribution in [-0.4, -0.2) is 29.1 Å². The molecule has 0 bridgehead atoms. The lowest BCUT2D eigenvalue weighted by Crippen LogP contribution is -2.27. The zero-order valence-electron chi connectivity index (χ0n) is 11.6. The summed E-state index contributed by atoms with van der Waals surface area (Å²) in [7, 11) is 3.95. The second-order valence-electron chi connectivity index (χ2n) is 5.02. The highest BCUT2D eigenvalue weighted by Crippen LogP contribution is 2.15. The highest BCUT2D eigenvalue weighted by atomic mass is 16.1. The topological polar surface area (TPSA) is 51.0 Å². The largest absolute Gasteiger partial charge is 0.378 e. The third kappa shape index (κ3) is 2.11. The lowest BCUT2D eigenvalue weighted by atomic mass is 10.1. The molecule has 2 aromatic rings. The minimum absolute atomic E-state index is 0.108. The summed E-state index contributed by atoms with van der Waals surface area (Å²) in [6, 6.07) is 7.67. The van der Waals surface area contributed by atoms with Gasteiger partial charge in [-0.2, -0.15) is 4.68 Å². The first kappa shape index (κ1) is 12.6. The number of aromatic nitrogens is 3. The number of hydrogen-bond acceptors (Lipinski definition) is 4. The van der Waals surface area contributed by atoms with Gasteiger partial charge in [-0.3, -0.25) is 4.79 Å². The molecule has 0 atom stereocenters. The van der Waals surface area contributed by atoms with Crippen LogP contribution in [0, 0.1) is 0 Å². The Kier molecular flexibility index (Phi) is 3.10. The minimum atomic E-state index is -0.108. The molecule has 102 valence electrons. The average Bonchev–Trinajstić information content (AvgIpc) is 2.48. The molecule has 0 spiro atoms. The van der Waals surface area contributed by atoms with Gasteiger partial charge in [0.05, 0.1) is 16.9 Å². The first-order valence-corrected chi connectivity index (χ1v) is 6.60. The van der Waals surface area contributed by atoms with Crippen LogP contribution < -0.4 is 10.5 Å². The molecule has 0 amide bonds. The normalized spacial score (nSPS) is 13.1. The number of allylic oxidation sites excluding steroid dienone is 1. The molecule has 0 saturated heterocycles. The Morgan fingerprint density at radius 2 is 1.95 bits per heavy atom. The van der Waals surface area contributed by atoms with Crippen LogP contribution in [0.2, 0.25) is 0 Å².